The van der Waals surface area contributed by atoms with Crippen LogP contribution in [0.25, 0.3) is 0 Å². The quantitative estimate of drug-likeness (QED) is 0.438. The molecule has 1 heterocycles. The molecule has 0 aliphatic carbocycles. The van der Waals surface area contributed by atoms with Gasteiger partial charge in [0.1, 0.15) is 11.9 Å². The number of hydrogen-bond donors (Lipinski definition) is 0. The number of nitrogens with zero attached hydrogens (tertiary/aromatic N) is 1. The molecule has 1 unspecified atom stereocenters. The maximum atomic E-state index is 13.1. The molecule has 0 spiro atoms. The molecule has 0 saturated carbocycles. The van der Waals surface area contributed by atoms with E-state index in [9.17, 15) is 14.5 Å². The van der Waals surface area contributed by atoms with Gasteiger partial charge in [-0.1, -0.05) is 18.2 Å². The van der Waals surface area contributed by atoms with Gasteiger partial charge in [-0.15, -0.1) is 0 Å². The third-order valence-corrected chi connectivity index (χ3v) is 5.35. The number of halogens is 1. The molecule has 1 atom stereocenters. The fraction of sp³-hybridized carbons (Fsp3) is 0.400. The van der Waals surface area contributed by atoms with E-state index in [0.29, 0.717) is 11.0 Å². The molecule has 0 aromatic heterocycles. The SMILES string of the molecule is CC(Oc1cc(B2OC(C)(C)C(C)(C)O2)ccc1[N+](=O)[O-])c1ccc(F)cc1. The van der Waals surface area contributed by atoms with Crippen LogP contribution in [-0.4, -0.2) is 23.2 Å². The van der Waals surface area contributed by atoms with Gasteiger partial charge in [-0.2, -0.15) is 0 Å². The number of benzene rings is 2. The summed E-state index contributed by atoms with van der Waals surface area (Å²) in [6, 6.07) is 10.4. The third-order valence-electron chi connectivity index (χ3n) is 5.35. The minimum Gasteiger partial charge on any atom is -0.479 e. The van der Waals surface area contributed by atoms with E-state index in [1.54, 1.807) is 31.2 Å². The summed E-state index contributed by atoms with van der Waals surface area (Å²) in [5, 5.41) is 11.4. The molecule has 28 heavy (non-hydrogen) atoms. The lowest BCUT2D eigenvalue weighted by atomic mass is 9.79. The van der Waals surface area contributed by atoms with Crippen molar-refractivity contribution in [3.63, 3.8) is 0 Å². The molecule has 1 aliphatic rings. The molecule has 1 saturated heterocycles. The Balaban J connectivity index is 1.90. The van der Waals surface area contributed by atoms with Crippen LogP contribution in [0.5, 0.6) is 5.75 Å². The van der Waals surface area contributed by atoms with Crippen LogP contribution in [0, 0.1) is 15.9 Å². The zero-order valence-corrected chi connectivity index (χ0v) is 16.6. The summed E-state index contributed by atoms with van der Waals surface area (Å²) in [6.07, 6.45) is -0.507. The van der Waals surface area contributed by atoms with Crippen molar-refractivity contribution in [2.75, 3.05) is 0 Å². The molecule has 6 nitrogen and oxygen atoms in total. The molecule has 1 aliphatic heterocycles. The van der Waals surface area contributed by atoms with Crippen molar-refractivity contribution < 1.29 is 23.4 Å². The number of hydrogen-bond acceptors (Lipinski definition) is 5. The average Bonchev–Trinajstić information content (AvgIpc) is 2.83. The Hall–Kier alpha value is -2.45. The van der Waals surface area contributed by atoms with E-state index in [1.807, 2.05) is 27.7 Å². The molecule has 0 radical (unpaired) electrons. The molecule has 2 aromatic carbocycles. The zero-order chi connectivity index (χ0) is 20.7. The van der Waals surface area contributed by atoms with Crippen molar-refractivity contribution in [1.82, 2.24) is 0 Å². The topological polar surface area (TPSA) is 70.8 Å². The van der Waals surface area contributed by atoms with E-state index in [4.69, 9.17) is 14.0 Å². The first-order valence-electron chi connectivity index (χ1n) is 9.06. The zero-order valence-electron chi connectivity index (χ0n) is 16.6. The second-order valence-electron chi connectivity index (χ2n) is 7.88. The van der Waals surface area contributed by atoms with Crippen LogP contribution in [0.4, 0.5) is 10.1 Å². The fourth-order valence-corrected chi connectivity index (χ4v) is 2.89. The van der Waals surface area contributed by atoms with Crippen molar-refractivity contribution >= 4 is 18.3 Å². The highest BCUT2D eigenvalue weighted by Gasteiger charge is 2.52. The van der Waals surface area contributed by atoms with E-state index >= 15 is 0 Å². The van der Waals surface area contributed by atoms with Crippen molar-refractivity contribution in [3.8, 4) is 5.75 Å². The van der Waals surface area contributed by atoms with Gasteiger partial charge in [0, 0.05) is 6.07 Å². The van der Waals surface area contributed by atoms with Gasteiger partial charge < -0.3 is 14.0 Å². The Bertz CT molecular complexity index is 869. The highest BCUT2D eigenvalue weighted by molar-refractivity contribution is 6.62. The van der Waals surface area contributed by atoms with E-state index in [2.05, 4.69) is 0 Å². The first-order chi connectivity index (χ1) is 13.0. The van der Waals surface area contributed by atoms with E-state index < -0.39 is 29.3 Å². The van der Waals surface area contributed by atoms with Gasteiger partial charge in [0.2, 0.25) is 0 Å². The maximum absolute atomic E-state index is 13.1. The highest BCUT2D eigenvalue weighted by Crippen LogP contribution is 2.37. The third kappa shape index (κ3) is 3.88. The normalized spacial score (nSPS) is 18.7. The van der Waals surface area contributed by atoms with Crippen molar-refractivity contribution in [2.45, 2.75) is 51.9 Å². The molecule has 148 valence electrons. The van der Waals surface area contributed by atoms with Crippen molar-refractivity contribution in [2.24, 2.45) is 0 Å². The Labute approximate surface area is 163 Å². The summed E-state index contributed by atoms with van der Waals surface area (Å²) in [4.78, 5) is 10.9. The van der Waals surface area contributed by atoms with Crippen LogP contribution in [-0.2, 0) is 9.31 Å². The van der Waals surface area contributed by atoms with Crippen LogP contribution < -0.4 is 10.2 Å². The lowest BCUT2D eigenvalue weighted by Crippen LogP contribution is -2.41. The predicted molar refractivity (Wildman–Crippen MR) is 104 cm³/mol. The molecule has 0 amide bonds. The minimum atomic E-state index is -0.658. The second kappa shape index (κ2) is 7.18. The van der Waals surface area contributed by atoms with Gasteiger partial charge in [-0.25, -0.2) is 4.39 Å². The fourth-order valence-electron chi connectivity index (χ4n) is 2.89. The standard InChI is InChI=1S/C20H23BFNO5/c1-13(14-6-9-16(22)10-7-14)26-18-12-15(8-11-17(18)23(24)25)21-27-19(2,3)20(4,5)28-21/h6-13H,1-5H3. The Morgan fingerprint density at radius 2 is 1.64 bits per heavy atom. The summed E-state index contributed by atoms with van der Waals surface area (Å²) in [7, 11) is -0.658. The smallest absolute Gasteiger partial charge is 0.479 e. The van der Waals surface area contributed by atoms with Crippen LogP contribution in [0.2, 0.25) is 0 Å². The molecular weight excluding hydrogens is 364 g/mol. The molecule has 8 heteroatoms. The van der Waals surface area contributed by atoms with Gasteiger partial charge >= 0.3 is 12.8 Å². The Kier molecular flexibility index (Phi) is 5.21. The van der Waals surface area contributed by atoms with Gasteiger partial charge in [0.25, 0.3) is 0 Å². The lowest BCUT2D eigenvalue weighted by Gasteiger charge is -2.32. The van der Waals surface area contributed by atoms with E-state index in [0.717, 1.165) is 0 Å². The first-order valence-corrected chi connectivity index (χ1v) is 9.06. The summed E-state index contributed by atoms with van der Waals surface area (Å²) >= 11 is 0. The summed E-state index contributed by atoms with van der Waals surface area (Å²) in [6.45, 7) is 9.50. The van der Waals surface area contributed by atoms with Crippen LogP contribution >= 0.6 is 0 Å². The van der Waals surface area contributed by atoms with Crippen molar-refractivity contribution in [3.05, 3.63) is 64.0 Å². The number of nitro benzene ring substituents is 1. The Morgan fingerprint density at radius 1 is 1.07 bits per heavy atom. The molecule has 2 aromatic rings. The van der Waals surface area contributed by atoms with Gasteiger partial charge in [-0.05, 0) is 63.8 Å². The van der Waals surface area contributed by atoms with Crippen LogP contribution in [0.1, 0.15) is 46.3 Å². The predicted octanol–water partition coefficient (Wildman–Crippen LogP) is 4.17. The minimum absolute atomic E-state index is 0.106. The summed E-state index contributed by atoms with van der Waals surface area (Å²) in [5.74, 6) is -0.251. The number of rotatable bonds is 5. The molecular formula is C20H23BFNO5. The highest BCUT2D eigenvalue weighted by atomic mass is 19.1. The maximum Gasteiger partial charge on any atom is 0.494 e. The monoisotopic (exact) mass is 387 g/mol. The van der Waals surface area contributed by atoms with Gasteiger partial charge in [-0.3, -0.25) is 10.1 Å². The second-order valence-corrected chi connectivity index (χ2v) is 7.88. The molecule has 0 N–H and O–H groups in total. The van der Waals surface area contributed by atoms with Crippen LogP contribution in [0.3, 0.4) is 0 Å². The van der Waals surface area contributed by atoms with E-state index in [-0.39, 0.29) is 17.3 Å². The molecule has 1 fully saturated rings. The van der Waals surface area contributed by atoms with E-state index in [1.165, 1.54) is 18.2 Å². The largest absolute Gasteiger partial charge is 0.494 e. The molecule has 0 bridgehead atoms. The molecule has 3 rings (SSSR count). The number of ether oxygens (including phenoxy) is 1. The van der Waals surface area contributed by atoms with Crippen LogP contribution in [0.15, 0.2) is 42.5 Å². The Morgan fingerprint density at radius 3 is 2.18 bits per heavy atom. The summed E-state index contributed by atoms with van der Waals surface area (Å²) < 4.78 is 31.0. The van der Waals surface area contributed by atoms with Crippen molar-refractivity contribution in [1.29, 1.82) is 0 Å². The average molecular weight is 387 g/mol. The lowest BCUT2D eigenvalue weighted by molar-refractivity contribution is -0.386. The number of nitro groups is 1. The summed E-state index contributed by atoms with van der Waals surface area (Å²) in [5.41, 5.74) is 0.125. The van der Waals surface area contributed by atoms with Gasteiger partial charge in [0.15, 0.2) is 5.75 Å². The van der Waals surface area contributed by atoms with Gasteiger partial charge in [0.05, 0.1) is 16.1 Å². The first kappa shape index (κ1) is 20.3.